The fourth-order valence-corrected chi connectivity index (χ4v) is 4.45. The Bertz CT molecular complexity index is 1380. The lowest BCUT2D eigenvalue weighted by atomic mass is 9.89. The van der Waals surface area contributed by atoms with Crippen molar-refractivity contribution in [2.45, 2.75) is 51.7 Å². The molecule has 0 amide bonds. The molecule has 0 fully saturated rings. The van der Waals surface area contributed by atoms with Crippen LogP contribution in [0.2, 0.25) is 0 Å². The van der Waals surface area contributed by atoms with Crippen LogP contribution in [0.1, 0.15) is 45.6 Å². The molecule has 244 valence electrons. The molecule has 3 N–H and O–H groups in total. The van der Waals surface area contributed by atoms with Crippen LogP contribution >= 0.6 is 0 Å². The Labute approximate surface area is 261 Å². The molecule has 3 rings (SSSR count). The number of rotatable bonds is 14. The van der Waals surface area contributed by atoms with Crippen LogP contribution in [0.3, 0.4) is 0 Å². The molecular weight excluding hydrogens is 590 g/mol. The number of β-amino-alcohol motifs (C(OH)–C–C–N with tert-alkyl or cyclic N) is 1. The first kappa shape index (κ1) is 34.7. The fourth-order valence-electron chi connectivity index (χ4n) is 4.45. The van der Waals surface area contributed by atoms with Crippen LogP contribution in [-0.4, -0.2) is 68.0 Å². The Balaban J connectivity index is 1.83. The molecule has 0 saturated carbocycles. The Morgan fingerprint density at radius 1 is 1.00 bits per heavy atom. The number of nitro groups is 1. The highest BCUT2D eigenvalue weighted by Gasteiger charge is 2.38. The monoisotopic (exact) mass is 629 g/mol. The average Bonchev–Trinajstić information content (AvgIpc) is 3.01. The molecule has 14 heteroatoms. The summed E-state index contributed by atoms with van der Waals surface area (Å²) in [5.74, 6) is -0.301. The number of carbonyl (C=O) groups excluding carboxylic acids is 2. The number of allylic oxidation sites excluding steroid dienone is 2. The van der Waals surface area contributed by atoms with Crippen LogP contribution in [0, 0.1) is 10.1 Å². The van der Waals surface area contributed by atoms with Gasteiger partial charge in [-0.15, -0.1) is 0 Å². The van der Waals surface area contributed by atoms with E-state index in [4.69, 9.17) is 18.9 Å². The topological polar surface area (TPSA) is 177 Å². The third-order valence-corrected chi connectivity index (χ3v) is 6.86. The summed E-state index contributed by atoms with van der Waals surface area (Å²) in [4.78, 5) is 35.6. The Morgan fingerprint density at radius 3 is 2.16 bits per heavy atom. The Kier molecular flexibility index (Phi) is 12.1. The number of dihydropyridines is 1. The van der Waals surface area contributed by atoms with E-state index in [1.165, 1.54) is 18.2 Å². The number of hydrogen-bond acceptors (Lipinski definition) is 13. The third kappa shape index (κ3) is 9.84. The summed E-state index contributed by atoms with van der Waals surface area (Å²) in [6.45, 7) is 7.63. The van der Waals surface area contributed by atoms with E-state index in [1.807, 2.05) is 32.0 Å². The second kappa shape index (κ2) is 15.8. The number of nitro benzene ring substituents is 1. The fraction of sp³-hybridized carbons (Fsp3) is 0.419. The van der Waals surface area contributed by atoms with Gasteiger partial charge in [-0.3, -0.25) is 10.1 Å². The normalized spacial score (nSPS) is 14.3. The highest BCUT2D eigenvalue weighted by atomic mass is 16.7. The molecule has 2 aromatic carbocycles. The standard InChI is InChI=1S/C31H39N3O11/c1-19-27(44-29(36)40-5)26(28(20(2)33-19)45-30(37)41-6)24-16-21(34(38)39)12-13-25(24)42-15-14-31(3,4)32-17-22(35)18-43-23-10-8-7-9-11-23/h7-13,16,22,26,32-33,35H,14-15,17-18H2,1-6H3. The number of non-ortho nitro benzene ring substituents is 1. The lowest BCUT2D eigenvalue weighted by Gasteiger charge is -2.31. The second-order valence-electron chi connectivity index (χ2n) is 10.8. The van der Waals surface area contributed by atoms with Gasteiger partial charge < -0.3 is 44.2 Å². The number of methoxy groups -OCH3 is 2. The van der Waals surface area contributed by atoms with Crippen molar-refractivity contribution in [2.75, 3.05) is 34.0 Å². The summed E-state index contributed by atoms with van der Waals surface area (Å²) in [5, 5.41) is 28.5. The number of hydrogen-bond donors (Lipinski definition) is 3. The quantitative estimate of drug-likeness (QED) is 0.146. The van der Waals surface area contributed by atoms with Crippen molar-refractivity contribution >= 4 is 18.0 Å². The molecule has 1 aliphatic rings. The summed E-state index contributed by atoms with van der Waals surface area (Å²) >= 11 is 0. The predicted molar refractivity (Wildman–Crippen MR) is 161 cm³/mol. The molecule has 1 atom stereocenters. The Morgan fingerprint density at radius 2 is 1.60 bits per heavy atom. The van der Waals surface area contributed by atoms with E-state index in [0.29, 0.717) is 23.6 Å². The van der Waals surface area contributed by atoms with Crippen molar-refractivity contribution in [3.8, 4) is 11.5 Å². The molecular formula is C31H39N3O11. The van der Waals surface area contributed by atoms with Crippen molar-refractivity contribution in [3.63, 3.8) is 0 Å². The smallest absolute Gasteiger partial charge is 0.493 e. The predicted octanol–water partition coefficient (Wildman–Crippen LogP) is 4.89. The zero-order valence-corrected chi connectivity index (χ0v) is 26.1. The van der Waals surface area contributed by atoms with Crippen LogP contribution in [-0.2, 0) is 18.9 Å². The number of ether oxygens (including phenoxy) is 6. The van der Waals surface area contributed by atoms with Gasteiger partial charge in [-0.05, 0) is 52.3 Å². The maximum atomic E-state index is 12.2. The maximum absolute atomic E-state index is 12.2. The molecule has 1 aliphatic heterocycles. The number of carbonyl (C=O) groups is 2. The van der Waals surface area contributed by atoms with Crippen molar-refractivity contribution in [1.82, 2.24) is 10.6 Å². The number of nitrogens with zero attached hydrogens (tertiary/aromatic N) is 1. The van der Waals surface area contributed by atoms with Crippen LogP contribution < -0.4 is 20.1 Å². The van der Waals surface area contributed by atoms with E-state index >= 15 is 0 Å². The first-order valence-corrected chi connectivity index (χ1v) is 14.1. The average molecular weight is 630 g/mol. The minimum Gasteiger partial charge on any atom is -0.493 e. The molecule has 0 bridgehead atoms. The van der Waals surface area contributed by atoms with Crippen LogP contribution in [0.15, 0.2) is 71.4 Å². The molecule has 14 nitrogen and oxygen atoms in total. The Hall–Kier alpha value is -4.82. The van der Waals surface area contributed by atoms with E-state index in [2.05, 4.69) is 20.1 Å². The lowest BCUT2D eigenvalue weighted by Crippen LogP contribution is -2.45. The van der Waals surface area contributed by atoms with Gasteiger partial charge in [0.1, 0.15) is 41.6 Å². The van der Waals surface area contributed by atoms with Gasteiger partial charge in [-0.25, -0.2) is 9.59 Å². The zero-order valence-electron chi connectivity index (χ0n) is 26.1. The van der Waals surface area contributed by atoms with E-state index < -0.39 is 34.8 Å². The minimum absolute atomic E-state index is 0.0228. The van der Waals surface area contributed by atoms with E-state index in [0.717, 1.165) is 14.2 Å². The van der Waals surface area contributed by atoms with Gasteiger partial charge in [0.05, 0.1) is 37.1 Å². The summed E-state index contributed by atoms with van der Waals surface area (Å²) in [6.07, 6.45) is -2.41. The molecule has 1 heterocycles. The van der Waals surface area contributed by atoms with Gasteiger partial charge in [-0.2, -0.15) is 0 Å². The largest absolute Gasteiger partial charge is 0.513 e. The summed E-state index contributed by atoms with van der Waals surface area (Å²) in [7, 11) is 2.26. The highest BCUT2D eigenvalue weighted by molar-refractivity contribution is 5.65. The molecule has 0 spiro atoms. The number of aliphatic hydroxyl groups is 1. The summed E-state index contributed by atoms with van der Waals surface area (Å²) < 4.78 is 32.0. The van der Waals surface area contributed by atoms with E-state index in [-0.39, 0.29) is 48.3 Å². The van der Waals surface area contributed by atoms with Gasteiger partial charge in [0.25, 0.3) is 5.69 Å². The highest BCUT2D eigenvalue weighted by Crippen LogP contribution is 2.44. The van der Waals surface area contributed by atoms with E-state index in [1.54, 1.807) is 26.0 Å². The van der Waals surface area contributed by atoms with Crippen LogP contribution in [0.4, 0.5) is 15.3 Å². The van der Waals surface area contributed by atoms with Gasteiger partial charge in [0, 0.05) is 29.8 Å². The molecule has 0 aromatic heterocycles. The second-order valence-corrected chi connectivity index (χ2v) is 10.8. The first-order valence-electron chi connectivity index (χ1n) is 14.1. The molecule has 2 aromatic rings. The number of para-hydroxylation sites is 1. The van der Waals surface area contributed by atoms with Crippen molar-refractivity contribution in [2.24, 2.45) is 0 Å². The van der Waals surface area contributed by atoms with Crippen molar-refractivity contribution in [3.05, 3.63) is 87.1 Å². The van der Waals surface area contributed by atoms with Gasteiger partial charge in [-0.1, -0.05) is 18.2 Å². The van der Waals surface area contributed by atoms with Gasteiger partial charge in [0.15, 0.2) is 0 Å². The molecule has 0 saturated heterocycles. The SMILES string of the molecule is COC(=O)OC1=C(C)NC(C)=C(OC(=O)OC)C1c1cc([N+](=O)[O-])ccc1OCCC(C)(C)NCC(O)COc1ccccc1. The zero-order chi connectivity index (χ0) is 33.1. The number of benzene rings is 2. The van der Waals surface area contributed by atoms with Gasteiger partial charge in [0.2, 0.25) is 0 Å². The maximum Gasteiger partial charge on any atom is 0.513 e. The first-order chi connectivity index (χ1) is 21.3. The third-order valence-electron chi connectivity index (χ3n) is 6.86. The summed E-state index contributed by atoms with van der Waals surface area (Å²) in [5.41, 5.74) is 0.181. The van der Waals surface area contributed by atoms with Crippen LogP contribution in [0.5, 0.6) is 11.5 Å². The van der Waals surface area contributed by atoms with E-state index in [9.17, 15) is 24.8 Å². The molecule has 0 radical (unpaired) electrons. The molecule has 45 heavy (non-hydrogen) atoms. The number of nitrogens with one attached hydrogen (secondary N) is 2. The molecule has 0 aliphatic carbocycles. The van der Waals surface area contributed by atoms with Crippen molar-refractivity contribution in [1.29, 1.82) is 0 Å². The number of aliphatic hydroxyl groups excluding tert-OH is 1. The summed E-state index contributed by atoms with van der Waals surface area (Å²) in [6, 6.07) is 13.2. The van der Waals surface area contributed by atoms with Gasteiger partial charge >= 0.3 is 12.3 Å². The lowest BCUT2D eigenvalue weighted by molar-refractivity contribution is -0.384. The molecule has 1 unspecified atom stereocenters. The minimum atomic E-state index is -1.13. The van der Waals surface area contributed by atoms with Crippen molar-refractivity contribution < 1.29 is 48.0 Å². The van der Waals surface area contributed by atoms with Crippen LogP contribution in [0.25, 0.3) is 0 Å².